The maximum Gasteiger partial charge on any atom is 0.234 e. The van der Waals surface area contributed by atoms with Gasteiger partial charge in [0.25, 0.3) is 0 Å². The zero-order valence-corrected chi connectivity index (χ0v) is 14.8. The number of ether oxygens (including phenoxy) is 2. The van der Waals surface area contributed by atoms with Crippen LogP contribution in [0.2, 0.25) is 0 Å². The Morgan fingerprint density at radius 2 is 1.75 bits per heavy atom. The predicted octanol–water partition coefficient (Wildman–Crippen LogP) is 4.40. The van der Waals surface area contributed by atoms with Crippen LogP contribution in [0.3, 0.4) is 0 Å². The van der Waals surface area contributed by atoms with Crippen molar-refractivity contribution < 1.29 is 14.3 Å². The second kappa shape index (κ2) is 7.86. The fourth-order valence-corrected chi connectivity index (χ4v) is 2.33. The molecule has 0 bridgehead atoms. The summed E-state index contributed by atoms with van der Waals surface area (Å²) in [5, 5.41) is 2.99. The quantitative estimate of drug-likeness (QED) is 0.820. The van der Waals surface area contributed by atoms with Crippen LogP contribution in [0.4, 0.5) is 5.69 Å². The van der Waals surface area contributed by atoms with Crippen LogP contribution in [0.25, 0.3) is 0 Å². The molecule has 0 unspecified atom stereocenters. The van der Waals surface area contributed by atoms with Gasteiger partial charge in [-0.05, 0) is 50.1 Å². The maximum atomic E-state index is 12.8. The largest absolute Gasteiger partial charge is 0.497 e. The number of carbonyl (C=O) groups excluding carboxylic acids is 1. The van der Waals surface area contributed by atoms with Gasteiger partial charge in [-0.2, -0.15) is 0 Å². The number of nitrogens with one attached hydrogen (secondary N) is 1. The molecule has 4 nitrogen and oxygen atoms in total. The Labute approximate surface area is 143 Å². The minimum atomic E-state index is -0.676. The maximum absolute atomic E-state index is 12.8. The van der Waals surface area contributed by atoms with E-state index in [9.17, 15) is 4.79 Å². The van der Waals surface area contributed by atoms with E-state index in [4.69, 9.17) is 9.47 Å². The monoisotopic (exact) mass is 327 g/mol. The minimum absolute atomic E-state index is 0.0831. The Morgan fingerprint density at radius 3 is 2.38 bits per heavy atom. The summed E-state index contributed by atoms with van der Waals surface area (Å²) in [5.41, 5.74) is 0.940. The van der Waals surface area contributed by atoms with E-state index < -0.39 is 5.41 Å². The van der Waals surface area contributed by atoms with Gasteiger partial charge in [0.15, 0.2) is 0 Å². The number of hydrogen-bond donors (Lipinski definition) is 1. The van der Waals surface area contributed by atoms with E-state index in [1.807, 2.05) is 69.3 Å². The predicted molar refractivity (Wildman–Crippen MR) is 96.9 cm³/mol. The van der Waals surface area contributed by atoms with Crippen molar-refractivity contribution in [2.75, 3.05) is 19.0 Å². The molecule has 0 aromatic heterocycles. The molecule has 0 heterocycles. The number of carbonyl (C=O) groups is 1. The normalized spacial score (nSPS) is 11.0. The lowest BCUT2D eigenvalue weighted by molar-refractivity contribution is -0.120. The molecule has 0 aliphatic carbocycles. The van der Waals surface area contributed by atoms with Gasteiger partial charge in [-0.25, -0.2) is 0 Å². The van der Waals surface area contributed by atoms with E-state index in [0.717, 1.165) is 17.7 Å². The number of methoxy groups -OCH3 is 1. The third kappa shape index (κ3) is 4.07. The first-order valence-electron chi connectivity index (χ1n) is 8.17. The van der Waals surface area contributed by atoms with Crippen LogP contribution in [0.15, 0.2) is 48.5 Å². The SMILES string of the molecule is CCCOc1ccccc1NC(=O)C(C)(C)c1ccc(OC)cc1. The summed E-state index contributed by atoms with van der Waals surface area (Å²) in [6.07, 6.45) is 0.916. The van der Waals surface area contributed by atoms with Gasteiger partial charge in [0, 0.05) is 0 Å². The lowest BCUT2D eigenvalue weighted by Gasteiger charge is -2.25. The Bertz CT molecular complexity index is 678. The van der Waals surface area contributed by atoms with Gasteiger partial charge in [-0.1, -0.05) is 31.2 Å². The van der Waals surface area contributed by atoms with Crippen LogP contribution in [-0.4, -0.2) is 19.6 Å². The lowest BCUT2D eigenvalue weighted by atomic mass is 9.83. The number of hydrogen-bond acceptors (Lipinski definition) is 3. The highest BCUT2D eigenvalue weighted by atomic mass is 16.5. The minimum Gasteiger partial charge on any atom is -0.497 e. The molecule has 24 heavy (non-hydrogen) atoms. The van der Waals surface area contributed by atoms with Crippen molar-refractivity contribution in [2.45, 2.75) is 32.6 Å². The van der Waals surface area contributed by atoms with Crippen molar-refractivity contribution in [3.05, 3.63) is 54.1 Å². The number of para-hydroxylation sites is 2. The Balaban J connectivity index is 2.18. The standard InChI is InChI=1S/C20H25NO3/c1-5-14-24-18-9-7-6-8-17(18)21-19(22)20(2,3)15-10-12-16(23-4)13-11-15/h6-13H,5,14H2,1-4H3,(H,21,22). The second-order valence-electron chi connectivity index (χ2n) is 6.15. The smallest absolute Gasteiger partial charge is 0.234 e. The van der Waals surface area contributed by atoms with Gasteiger partial charge in [0.05, 0.1) is 24.8 Å². The Morgan fingerprint density at radius 1 is 1.08 bits per heavy atom. The summed E-state index contributed by atoms with van der Waals surface area (Å²) in [7, 11) is 1.63. The highest BCUT2D eigenvalue weighted by molar-refractivity contribution is 5.99. The molecule has 1 N–H and O–H groups in total. The molecule has 0 saturated heterocycles. The zero-order chi connectivity index (χ0) is 17.6. The molecule has 0 saturated carbocycles. The molecule has 0 aliphatic heterocycles. The van der Waals surface area contributed by atoms with Crippen molar-refractivity contribution in [1.29, 1.82) is 0 Å². The van der Waals surface area contributed by atoms with Crippen molar-refractivity contribution in [2.24, 2.45) is 0 Å². The summed E-state index contributed by atoms with van der Waals surface area (Å²) >= 11 is 0. The Hall–Kier alpha value is -2.49. The highest BCUT2D eigenvalue weighted by Gasteiger charge is 2.30. The summed E-state index contributed by atoms with van der Waals surface area (Å²) in [4.78, 5) is 12.8. The van der Waals surface area contributed by atoms with Crippen molar-refractivity contribution >= 4 is 11.6 Å². The van der Waals surface area contributed by atoms with Crippen LogP contribution >= 0.6 is 0 Å². The third-order valence-corrected chi connectivity index (χ3v) is 3.98. The molecule has 0 spiro atoms. The average molecular weight is 327 g/mol. The van der Waals surface area contributed by atoms with Crippen LogP contribution in [0.1, 0.15) is 32.8 Å². The molecule has 128 valence electrons. The van der Waals surface area contributed by atoms with Gasteiger partial charge in [-0.15, -0.1) is 0 Å². The molecule has 0 radical (unpaired) electrons. The molecular formula is C20H25NO3. The van der Waals surface area contributed by atoms with Crippen molar-refractivity contribution in [3.63, 3.8) is 0 Å². The first kappa shape index (κ1) is 17.9. The second-order valence-corrected chi connectivity index (χ2v) is 6.15. The number of benzene rings is 2. The number of anilines is 1. The van der Waals surface area contributed by atoms with Gasteiger partial charge in [0.1, 0.15) is 11.5 Å². The molecule has 0 atom stereocenters. The van der Waals surface area contributed by atoms with Crippen molar-refractivity contribution in [3.8, 4) is 11.5 Å². The van der Waals surface area contributed by atoms with Crippen LogP contribution in [-0.2, 0) is 10.2 Å². The van der Waals surface area contributed by atoms with Gasteiger partial charge in [0.2, 0.25) is 5.91 Å². The van der Waals surface area contributed by atoms with Gasteiger partial charge >= 0.3 is 0 Å². The van der Waals surface area contributed by atoms with E-state index in [-0.39, 0.29) is 5.91 Å². The Kier molecular flexibility index (Phi) is 5.85. The number of rotatable bonds is 7. The van der Waals surface area contributed by atoms with E-state index in [0.29, 0.717) is 18.0 Å². The third-order valence-electron chi connectivity index (χ3n) is 3.98. The number of amides is 1. The molecule has 4 heteroatoms. The highest BCUT2D eigenvalue weighted by Crippen LogP contribution is 2.30. The fourth-order valence-electron chi connectivity index (χ4n) is 2.33. The first-order chi connectivity index (χ1) is 11.5. The fraction of sp³-hybridized carbons (Fsp3) is 0.350. The van der Waals surface area contributed by atoms with E-state index in [1.54, 1.807) is 7.11 Å². The lowest BCUT2D eigenvalue weighted by Crippen LogP contribution is -2.34. The van der Waals surface area contributed by atoms with Gasteiger partial charge < -0.3 is 14.8 Å². The van der Waals surface area contributed by atoms with Crippen LogP contribution < -0.4 is 14.8 Å². The van der Waals surface area contributed by atoms with Crippen LogP contribution in [0.5, 0.6) is 11.5 Å². The molecule has 1 amide bonds. The molecule has 0 aliphatic rings. The van der Waals surface area contributed by atoms with Crippen molar-refractivity contribution in [1.82, 2.24) is 0 Å². The van der Waals surface area contributed by atoms with E-state index in [1.165, 1.54) is 0 Å². The molecule has 0 fully saturated rings. The molecule has 2 rings (SSSR count). The summed E-state index contributed by atoms with van der Waals surface area (Å²) in [6, 6.07) is 15.1. The topological polar surface area (TPSA) is 47.6 Å². The average Bonchev–Trinajstić information content (AvgIpc) is 2.61. The summed E-state index contributed by atoms with van der Waals surface area (Å²) < 4.78 is 10.9. The van der Waals surface area contributed by atoms with Crippen LogP contribution in [0, 0.1) is 0 Å². The van der Waals surface area contributed by atoms with E-state index in [2.05, 4.69) is 5.32 Å². The first-order valence-corrected chi connectivity index (χ1v) is 8.17. The summed E-state index contributed by atoms with van der Waals surface area (Å²) in [6.45, 7) is 6.47. The molecular weight excluding hydrogens is 302 g/mol. The molecule has 2 aromatic rings. The summed E-state index contributed by atoms with van der Waals surface area (Å²) in [5.74, 6) is 1.38. The zero-order valence-electron chi connectivity index (χ0n) is 14.8. The van der Waals surface area contributed by atoms with Gasteiger partial charge in [-0.3, -0.25) is 4.79 Å². The van der Waals surface area contributed by atoms with E-state index >= 15 is 0 Å². The molecule has 2 aromatic carbocycles.